The molecule has 1 fully saturated rings. The van der Waals surface area contributed by atoms with Gasteiger partial charge in [0.05, 0.1) is 6.33 Å². The SMILES string of the molecule is [2H]C([2H])([2H])NC(=O)[C@H]1O[C@@H](n2cnc3c(NCc4ccccc4)nc(-c4ccc(C#N)nc4)nc32)[C@H](O)[C@@H]1O. The number of hydrogen-bond acceptors (Lipinski definition) is 10. The van der Waals surface area contributed by atoms with Crippen LogP contribution in [-0.2, 0) is 16.1 Å². The largest absolute Gasteiger partial charge is 0.387 e. The number of ether oxygens (including phenoxy) is 1. The van der Waals surface area contributed by atoms with Gasteiger partial charge >= 0.3 is 0 Å². The summed E-state index contributed by atoms with van der Waals surface area (Å²) in [5, 5.41) is 35.3. The van der Waals surface area contributed by atoms with Gasteiger partial charge in [0.25, 0.3) is 5.91 Å². The first-order chi connectivity index (χ1) is 18.6. The molecule has 4 heterocycles. The zero-order chi connectivity index (χ0) is 27.7. The Balaban J connectivity index is 1.54. The molecule has 1 saturated heterocycles. The average molecular weight is 490 g/mol. The maximum Gasteiger partial charge on any atom is 0.251 e. The summed E-state index contributed by atoms with van der Waals surface area (Å²) in [5.41, 5.74) is 2.20. The fraction of sp³-hybridized carbons (Fsp3) is 0.250. The van der Waals surface area contributed by atoms with Crippen LogP contribution in [0.2, 0.25) is 0 Å². The van der Waals surface area contributed by atoms with Crippen molar-refractivity contribution in [3.63, 3.8) is 0 Å². The lowest BCUT2D eigenvalue weighted by Gasteiger charge is -2.17. The Labute approximate surface area is 209 Å². The number of anilines is 1. The molecule has 1 aromatic carbocycles. The van der Waals surface area contributed by atoms with Crippen molar-refractivity contribution in [2.24, 2.45) is 0 Å². The average Bonchev–Trinajstić information content (AvgIpc) is 3.47. The normalized spacial score (nSPS) is 22.9. The minimum atomic E-state index is -2.80. The second kappa shape index (κ2) is 9.67. The number of likely N-dealkylation sites (N-methyl/N-ethyl adjacent to an activating group) is 1. The predicted molar refractivity (Wildman–Crippen MR) is 127 cm³/mol. The van der Waals surface area contributed by atoms with Gasteiger partial charge in [0.1, 0.15) is 24.0 Å². The highest BCUT2D eigenvalue weighted by Crippen LogP contribution is 2.33. The van der Waals surface area contributed by atoms with Gasteiger partial charge in [-0.15, -0.1) is 0 Å². The number of carbonyl (C=O) groups excluding carboxylic acids is 1. The number of nitriles is 1. The molecule has 3 aromatic heterocycles. The van der Waals surface area contributed by atoms with E-state index < -0.39 is 37.4 Å². The van der Waals surface area contributed by atoms with E-state index in [0.717, 1.165) is 5.56 Å². The van der Waals surface area contributed by atoms with E-state index in [1.54, 1.807) is 11.4 Å². The molecule has 0 spiro atoms. The van der Waals surface area contributed by atoms with Crippen LogP contribution in [0.25, 0.3) is 22.6 Å². The number of fused-ring (bicyclic) bond motifs is 1. The quantitative estimate of drug-likeness (QED) is 0.303. The molecule has 0 unspecified atom stereocenters. The van der Waals surface area contributed by atoms with Crippen LogP contribution in [0.3, 0.4) is 0 Å². The first kappa shape index (κ1) is 19.8. The summed E-state index contributed by atoms with van der Waals surface area (Å²) < 4.78 is 28.7. The van der Waals surface area contributed by atoms with E-state index in [9.17, 15) is 15.0 Å². The highest BCUT2D eigenvalue weighted by atomic mass is 16.6. The number of imidazole rings is 1. The number of pyridine rings is 1. The Morgan fingerprint density at radius 3 is 2.75 bits per heavy atom. The van der Waals surface area contributed by atoms with Gasteiger partial charge in [-0.3, -0.25) is 9.36 Å². The lowest BCUT2D eigenvalue weighted by atomic mass is 10.1. The van der Waals surface area contributed by atoms with Crippen LogP contribution < -0.4 is 10.6 Å². The highest BCUT2D eigenvalue weighted by Gasteiger charge is 2.47. The maximum absolute atomic E-state index is 12.4. The number of rotatable bonds is 6. The molecule has 4 aromatic rings. The molecule has 1 aliphatic heterocycles. The van der Waals surface area contributed by atoms with E-state index in [-0.39, 0.29) is 17.2 Å². The summed E-state index contributed by atoms with van der Waals surface area (Å²) in [6, 6.07) is 14.7. The van der Waals surface area contributed by atoms with Crippen LogP contribution in [0.15, 0.2) is 55.0 Å². The van der Waals surface area contributed by atoms with Crippen LogP contribution in [-0.4, -0.2) is 65.9 Å². The fourth-order valence-electron chi connectivity index (χ4n) is 3.91. The number of hydrogen-bond donors (Lipinski definition) is 4. The van der Waals surface area contributed by atoms with E-state index in [2.05, 4.69) is 25.3 Å². The molecule has 0 bridgehead atoms. The number of aliphatic hydroxyl groups is 2. The van der Waals surface area contributed by atoms with E-state index in [1.165, 1.54) is 23.2 Å². The minimum Gasteiger partial charge on any atom is -0.387 e. The van der Waals surface area contributed by atoms with Gasteiger partial charge in [0.15, 0.2) is 35.1 Å². The molecule has 1 amide bonds. The Morgan fingerprint density at radius 1 is 1.19 bits per heavy atom. The molecule has 0 saturated carbocycles. The van der Waals surface area contributed by atoms with Crippen LogP contribution in [0.1, 0.15) is 21.6 Å². The van der Waals surface area contributed by atoms with Crippen molar-refractivity contribution >= 4 is 22.9 Å². The Kier molecular flexibility index (Phi) is 5.32. The maximum atomic E-state index is 12.4. The van der Waals surface area contributed by atoms with Gasteiger partial charge in [-0.2, -0.15) is 5.26 Å². The first-order valence-corrected chi connectivity index (χ1v) is 10.9. The van der Waals surface area contributed by atoms with Crippen molar-refractivity contribution in [3.05, 3.63) is 66.2 Å². The van der Waals surface area contributed by atoms with Gasteiger partial charge in [0, 0.05) is 29.4 Å². The standard InChI is InChI=1S/C24H22N8O4/c1-26-23(35)19-17(33)18(34)24(36-19)32-12-29-16-21(28-10-13-5-3-2-4-6-13)30-20(31-22(16)32)14-7-8-15(9-25)27-11-14/h2-8,11-12,17-19,24,33-34H,10H2,1H3,(H,26,35)(H,28,30,31)/t17-,18+,19-,24+/m0/s1/i1D3. The summed E-state index contributed by atoms with van der Waals surface area (Å²) in [6.45, 7) is -2.40. The molecule has 4 N–H and O–H groups in total. The number of nitrogens with one attached hydrogen (secondary N) is 2. The summed E-state index contributed by atoms with van der Waals surface area (Å²) in [7, 11) is 0. The smallest absolute Gasteiger partial charge is 0.251 e. The van der Waals surface area contributed by atoms with Crippen molar-refractivity contribution in [1.82, 2.24) is 29.8 Å². The third kappa shape index (κ3) is 4.22. The number of amides is 1. The molecular formula is C24H22N8O4. The Morgan fingerprint density at radius 2 is 2.03 bits per heavy atom. The fourth-order valence-corrected chi connectivity index (χ4v) is 3.91. The minimum absolute atomic E-state index is 0.202. The van der Waals surface area contributed by atoms with Crippen LogP contribution in [0, 0.1) is 11.3 Å². The Bertz CT molecular complexity index is 1540. The van der Waals surface area contributed by atoms with E-state index >= 15 is 0 Å². The van der Waals surface area contributed by atoms with E-state index in [4.69, 9.17) is 14.1 Å². The van der Waals surface area contributed by atoms with Crippen molar-refractivity contribution in [2.75, 3.05) is 12.3 Å². The van der Waals surface area contributed by atoms with Crippen LogP contribution >= 0.6 is 0 Å². The molecule has 36 heavy (non-hydrogen) atoms. The first-order valence-electron chi connectivity index (χ1n) is 12.4. The summed E-state index contributed by atoms with van der Waals surface area (Å²) in [4.78, 5) is 30.0. The van der Waals surface area contributed by atoms with E-state index in [1.807, 2.05) is 36.4 Å². The molecule has 1 aliphatic rings. The predicted octanol–water partition coefficient (Wildman–Crippen LogP) is 0.737. The molecule has 12 heteroatoms. The highest BCUT2D eigenvalue weighted by molar-refractivity contribution is 5.85. The molecule has 12 nitrogen and oxygen atoms in total. The van der Waals surface area contributed by atoms with Gasteiger partial charge in [-0.05, 0) is 17.7 Å². The molecule has 0 aliphatic carbocycles. The lowest BCUT2D eigenvalue weighted by Crippen LogP contribution is -2.41. The second-order valence-electron chi connectivity index (χ2n) is 8.02. The summed E-state index contributed by atoms with van der Waals surface area (Å²) in [5.74, 6) is -0.522. The van der Waals surface area contributed by atoms with Crippen molar-refractivity contribution < 1.29 is 23.9 Å². The Hall–Kier alpha value is -4.44. The second-order valence-corrected chi connectivity index (χ2v) is 8.02. The molecule has 5 rings (SSSR count). The van der Waals surface area contributed by atoms with Crippen molar-refractivity contribution in [1.29, 1.82) is 5.26 Å². The van der Waals surface area contributed by atoms with Crippen molar-refractivity contribution in [2.45, 2.75) is 31.1 Å². The number of aromatic nitrogens is 5. The summed E-state index contributed by atoms with van der Waals surface area (Å²) >= 11 is 0. The lowest BCUT2D eigenvalue weighted by molar-refractivity contribution is -0.137. The third-order valence-electron chi connectivity index (χ3n) is 5.75. The summed E-state index contributed by atoms with van der Waals surface area (Å²) in [6.07, 6.45) is -3.52. The molecular weight excluding hydrogens is 464 g/mol. The molecule has 182 valence electrons. The van der Waals surface area contributed by atoms with Gasteiger partial charge < -0.3 is 25.6 Å². The van der Waals surface area contributed by atoms with Gasteiger partial charge in [-0.1, -0.05) is 30.3 Å². The molecule has 0 radical (unpaired) electrons. The monoisotopic (exact) mass is 489 g/mol. The topological polar surface area (TPSA) is 171 Å². The zero-order valence-electron chi connectivity index (χ0n) is 21.6. The zero-order valence-corrected chi connectivity index (χ0v) is 18.6. The van der Waals surface area contributed by atoms with Crippen molar-refractivity contribution in [3.8, 4) is 17.5 Å². The van der Waals surface area contributed by atoms with E-state index in [0.29, 0.717) is 23.4 Å². The van der Waals surface area contributed by atoms with Crippen LogP contribution in [0.4, 0.5) is 5.82 Å². The number of benzene rings is 1. The van der Waals surface area contributed by atoms with Gasteiger partial charge in [-0.25, -0.2) is 19.9 Å². The van der Waals surface area contributed by atoms with Crippen LogP contribution in [0.5, 0.6) is 0 Å². The molecule has 4 atom stereocenters. The number of nitrogens with zero attached hydrogens (tertiary/aromatic N) is 6. The number of carbonyl (C=O) groups is 1. The number of aliphatic hydroxyl groups excluding tert-OH is 2. The van der Waals surface area contributed by atoms with Gasteiger partial charge in [0.2, 0.25) is 0 Å². The third-order valence-corrected chi connectivity index (χ3v) is 5.75.